The van der Waals surface area contributed by atoms with Crippen LogP contribution in [0.1, 0.15) is 71.6 Å². The van der Waals surface area contributed by atoms with Gasteiger partial charge in [0.25, 0.3) is 6.71 Å². The van der Waals surface area contributed by atoms with Gasteiger partial charge >= 0.3 is 0 Å². The zero-order valence-corrected chi connectivity index (χ0v) is 41.9. The molecule has 2 aromatic heterocycles. The van der Waals surface area contributed by atoms with Crippen molar-refractivity contribution in [1.82, 2.24) is 0 Å². The highest BCUT2D eigenvalue weighted by atomic mass is 32.2. The third-order valence-corrected chi connectivity index (χ3v) is 18.9. The molecule has 5 heterocycles. The highest BCUT2D eigenvalue weighted by Gasteiger charge is 2.48. The second-order valence-corrected chi connectivity index (χ2v) is 24.9. The molecule has 8 aromatic carbocycles. The van der Waals surface area contributed by atoms with E-state index >= 15 is 0 Å². The Hall–Kier alpha value is -6.25. The van der Waals surface area contributed by atoms with Gasteiger partial charge in [-0.05, 0) is 135 Å². The number of benzene rings is 8. The SMILES string of the molecule is CC(C)(C)c1ccc(N2c3cccc4c3B(c3ccc5cc3N4c3c(ccc4c3sc3ccccc34)Sc3ccccc3N5c3ccccc3)c3sc4cc5c(cc4c32)C(C)(C)CC5(C)C)cc1. The molecule has 0 amide bonds. The highest BCUT2D eigenvalue weighted by Crippen LogP contribution is 2.57. The van der Waals surface area contributed by atoms with E-state index in [0.29, 0.717) is 0 Å². The largest absolute Gasteiger partial charge is 0.310 e. The molecule has 0 atom stereocenters. The summed E-state index contributed by atoms with van der Waals surface area (Å²) in [6.07, 6.45) is 1.14. The van der Waals surface area contributed by atoms with Crippen molar-refractivity contribution in [3.05, 3.63) is 180 Å². The lowest BCUT2D eigenvalue weighted by Crippen LogP contribution is -2.60. The Morgan fingerprint density at radius 2 is 1.16 bits per heavy atom. The van der Waals surface area contributed by atoms with E-state index in [4.69, 9.17) is 0 Å². The van der Waals surface area contributed by atoms with Gasteiger partial charge in [0, 0.05) is 74.3 Å². The average molecular weight is 932 g/mol. The molecule has 10 aromatic rings. The minimum absolute atomic E-state index is 0.0213. The van der Waals surface area contributed by atoms with E-state index in [0.717, 1.165) is 17.8 Å². The van der Waals surface area contributed by atoms with Gasteiger partial charge in [-0.2, -0.15) is 0 Å². The van der Waals surface area contributed by atoms with Gasteiger partial charge in [0.05, 0.1) is 21.8 Å². The van der Waals surface area contributed by atoms with Crippen molar-refractivity contribution in [3.8, 4) is 0 Å². The summed E-state index contributed by atoms with van der Waals surface area (Å²) in [5.41, 5.74) is 18.3. The van der Waals surface area contributed by atoms with Crippen LogP contribution in [-0.2, 0) is 16.2 Å². The van der Waals surface area contributed by atoms with E-state index in [-0.39, 0.29) is 23.0 Å². The molecule has 0 unspecified atom stereocenters. The van der Waals surface area contributed by atoms with E-state index < -0.39 is 0 Å². The number of fused-ring (bicyclic) bond motifs is 15. The molecule has 0 radical (unpaired) electrons. The summed E-state index contributed by atoms with van der Waals surface area (Å²) in [5.74, 6) is 0. The molecule has 0 N–H and O–H groups in total. The minimum Gasteiger partial charge on any atom is -0.310 e. The third kappa shape index (κ3) is 5.73. The van der Waals surface area contributed by atoms with Crippen LogP contribution in [0.2, 0.25) is 0 Å². The standard InChI is InChI=1S/C61H50BN3S3/c1-59(2,3)36-24-26-38(27-25-36)64-47-20-15-21-48-54(47)62(58-55(64)42-33-43-44(34-53(42)68-58)61(6,7)35-60(43,4)5)45-30-28-39-32-49(45)65(48)56-52(31-29-41-40-18-11-13-22-50(40)67-57(41)56)66-51-23-14-12-19-46(51)63(39)37-16-9-8-10-17-37/h8-34H,35H2,1-7H3. The summed E-state index contributed by atoms with van der Waals surface area (Å²) in [4.78, 5) is 10.2. The number of hydrogen-bond donors (Lipinski definition) is 0. The Kier molecular flexibility index (Phi) is 8.50. The van der Waals surface area contributed by atoms with Crippen molar-refractivity contribution in [2.24, 2.45) is 0 Å². The Morgan fingerprint density at radius 1 is 0.485 bits per heavy atom. The Labute approximate surface area is 411 Å². The molecule has 0 spiro atoms. The summed E-state index contributed by atoms with van der Waals surface area (Å²) < 4.78 is 5.42. The lowest BCUT2D eigenvalue weighted by molar-refractivity contribution is 0.403. The summed E-state index contributed by atoms with van der Waals surface area (Å²) in [5, 5.41) is 3.98. The van der Waals surface area contributed by atoms with Gasteiger partial charge in [-0.3, -0.25) is 0 Å². The maximum Gasteiger partial charge on any atom is 0.264 e. The van der Waals surface area contributed by atoms with Crippen LogP contribution in [0.15, 0.2) is 174 Å². The van der Waals surface area contributed by atoms with Crippen molar-refractivity contribution in [3.63, 3.8) is 0 Å². The van der Waals surface area contributed by atoms with Crippen molar-refractivity contribution in [2.45, 2.75) is 80.9 Å². The minimum atomic E-state index is 0.0213. The maximum absolute atomic E-state index is 2.67. The number of rotatable bonds is 2. The van der Waals surface area contributed by atoms with Gasteiger partial charge in [-0.15, -0.1) is 22.7 Å². The molecule has 7 heteroatoms. The molecule has 4 aliphatic rings. The summed E-state index contributed by atoms with van der Waals surface area (Å²) >= 11 is 5.83. The average Bonchev–Trinajstić information content (AvgIpc) is 3.95. The summed E-state index contributed by atoms with van der Waals surface area (Å²) in [7, 11) is 0. The molecule has 68 heavy (non-hydrogen) atoms. The first-order chi connectivity index (χ1) is 32.8. The fourth-order valence-electron chi connectivity index (χ4n) is 12.5. The van der Waals surface area contributed by atoms with Crippen LogP contribution in [0.4, 0.5) is 51.2 Å². The predicted molar refractivity (Wildman–Crippen MR) is 297 cm³/mol. The highest BCUT2D eigenvalue weighted by molar-refractivity contribution is 7.99. The van der Waals surface area contributed by atoms with Crippen LogP contribution >= 0.6 is 34.4 Å². The molecular formula is C61H50BN3S3. The van der Waals surface area contributed by atoms with E-state index in [1.165, 1.54) is 112 Å². The van der Waals surface area contributed by atoms with Crippen LogP contribution < -0.4 is 30.4 Å². The van der Waals surface area contributed by atoms with Crippen LogP contribution in [0.25, 0.3) is 30.3 Å². The predicted octanol–water partition coefficient (Wildman–Crippen LogP) is 16.5. The van der Waals surface area contributed by atoms with Crippen molar-refractivity contribution >= 4 is 138 Å². The number of anilines is 9. The Bertz CT molecular complexity index is 3760. The number of para-hydroxylation sites is 2. The Morgan fingerprint density at radius 3 is 1.96 bits per heavy atom. The molecular weight excluding hydrogens is 882 g/mol. The molecule has 330 valence electrons. The fraction of sp³-hybridized carbons (Fsp3) is 0.180. The van der Waals surface area contributed by atoms with Gasteiger partial charge in [0.15, 0.2) is 0 Å². The number of hydrogen-bond acceptors (Lipinski definition) is 6. The van der Waals surface area contributed by atoms with Crippen LogP contribution in [0.5, 0.6) is 0 Å². The quantitative estimate of drug-likeness (QED) is 0.160. The van der Waals surface area contributed by atoms with Crippen molar-refractivity contribution in [1.29, 1.82) is 0 Å². The third-order valence-electron chi connectivity index (χ3n) is 15.4. The number of thiophene rings is 2. The molecule has 1 aliphatic carbocycles. The molecule has 3 aliphatic heterocycles. The normalized spacial score (nSPS) is 16.2. The first kappa shape index (κ1) is 40.8. The van der Waals surface area contributed by atoms with Crippen LogP contribution in [0.3, 0.4) is 0 Å². The molecule has 3 nitrogen and oxygen atoms in total. The van der Waals surface area contributed by atoms with Gasteiger partial charge in [-0.25, -0.2) is 0 Å². The zero-order chi connectivity index (χ0) is 46.0. The van der Waals surface area contributed by atoms with Crippen LogP contribution in [-0.4, -0.2) is 6.71 Å². The molecule has 14 rings (SSSR count). The van der Waals surface area contributed by atoms with Gasteiger partial charge in [0.1, 0.15) is 0 Å². The zero-order valence-electron chi connectivity index (χ0n) is 39.4. The lowest BCUT2D eigenvalue weighted by atomic mass is 9.36. The molecule has 2 bridgehead atoms. The van der Waals surface area contributed by atoms with Gasteiger partial charge in [-0.1, -0.05) is 139 Å². The molecule has 0 saturated carbocycles. The lowest BCUT2D eigenvalue weighted by Gasteiger charge is -2.44. The Balaban J connectivity index is 1.11. The monoisotopic (exact) mass is 931 g/mol. The van der Waals surface area contributed by atoms with E-state index in [1.807, 2.05) is 34.4 Å². The molecule has 0 fully saturated rings. The van der Waals surface area contributed by atoms with Crippen LogP contribution in [0, 0.1) is 0 Å². The first-order valence-electron chi connectivity index (χ1n) is 24.0. The van der Waals surface area contributed by atoms with Crippen molar-refractivity contribution in [2.75, 3.05) is 14.7 Å². The van der Waals surface area contributed by atoms with E-state index in [9.17, 15) is 0 Å². The van der Waals surface area contributed by atoms with Gasteiger partial charge < -0.3 is 14.7 Å². The summed E-state index contributed by atoms with van der Waals surface area (Å²) in [6, 6.07) is 62.8. The number of nitrogens with zero attached hydrogens (tertiary/aromatic N) is 3. The van der Waals surface area contributed by atoms with E-state index in [1.54, 1.807) is 0 Å². The smallest absolute Gasteiger partial charge is 0.264 e. The van der Waals surface area contributed by atoms with E-state index in [2.05, 4.69) is 227 Å². The summed E-state index contributed by atoms with van der Waals surface area (Å²) in [6.45, 7) is 16.8. The molecule has 0 saturated heterocycles. The fourth-order valence-corrected chi connectivity index (χ4v) is 16.2. The van der Waals surface area contributed by atoms with Gasteiger partial charge in [0.2, 0.25) is 0 Å². The van der Waals surface area contributed by atoms with Crippen molar-refractivity contribution < 1.29 is 0 Å². The second-order valence-electron chi connectivity index (χ2n) is 21.6. The second kappa shape index (κ2) is 14.2. The maximum atomic E-state index is 2.67. The first-order valence-corrected chi connectivity index (χ1v) is 26.4. The topological polar surface area (TPSA) is 9.72 Å².